The SMILES string of the molecule is NCCc1cnc2ccc(-c3cc(Br)ccc3F)nn12. The fourth-order valence-electron chi connectivity index (χ4n) is 2.08. The van der Waals surface area contributed by atoms with Crippen LogP contribution in [0.25, 0.3) is 16.9 Å². The molecule has 0 aliphatic heterocycles. The first-order valence-corrected chi connectivity index (χ1v) is 6.97. The summed E-state index contributed by atoms with van der Waals surface area (Å²) in [6.45, 7) is 0.519. The first-order chi connectivity index (χ1) is 9.69. The van der Waals surface area contributed by atoms with Crippen LogP contribution >= 0.6 is 15.9 Å². The molecule has 0 spiro atoms. The van der Waals surface area contributed by atoms with E-state index in [-0.39, 0.29) is 5.82 Å². The van der Waals surface area contributed by atoms with Gasteiger partial charge in [-0.05, 0) is 36.9 Å². The van der Waals surface area contributed by atoms with Crippen LogP contribution in [-0.2, 0) is 6.42 Å². The normalized spacial score (nSPS) is 11.2. The number of nitrogens with two attached hydrogens (primary N) is 1. The second-order valence-electron chi connectivity index (χ2n) is 4.40. The molecule has 2 aromatic heterocycles. The van der Waals surface area contributed by atoms with Crippen LogP contribution in [0.15, 0.2) is 41.0 Å². The van der Waals surface area contributed by atoms with Gasteiger partial charge in [-0.3, -0.25) is 0 Å². The Morgan fingerprint density at radius 3 is 2.90 bits per heavy atom. The second kappa shape index (κ2) is 5.30. The molecule has 2 N–H and O–H groups in total. The van der Waals surface area contributed by atoms with E-state index in [0.29, 0.717) is 24.2 Å². The van der Waals surface area contributed by atoms with E-state index in [1.54, 1.807) is 28.9 Å². The van der Waals surface area contributed by atoms with Crippen molar-refractivity contribution in [1.82, 2.24) is 14.6 Å². The summed E-state index contributed by atoms with van der Waals surface area (Å²) in [4.78, 5) is 4.25. The molecule has 2 heterocycles. The molecule has 1 aromatic carbocycles. The Bertz CT molecular complexity index is 769. The van der Waals surface area contributed by atoms with Gasteiger partial charge in [0.25, 0.3) is 0 Å². The van der Waals surface area contributed by atoms with Crippen molar-refractivity contribution in [2.45, 2.75) is 6.42 Å². The molecule has 3 aromatic rings. The van der Waals surface area contributed by atoms with Crippen molar-refractivity contribution in [2.75, 3.05) is 6.54 Å². The number of benzene rings is 1. The van der Waals surface area contributed by atoms with Crippen LogP contribution < -0.4 is 5.73 Å². The lowest BCUT2D eigenvalue weighted by molar-refractivity contribution is 0.629. The highest BCUT2D eigenvalue weighted by molar-refractivity contribution is 9.10. The number of rotatable bonds is 3. The van der Waals surface area contributed by atoms with Crippen LogP contribution in [-0.4, -0.2) is 21.1 Å². The Labute approximate surface area is 123 Å². The van der Waals surface area contributed by atoms with Gasteiger partial charge in [0.1, 0.15) is 5.82 Å². The first kappa shape index (κ1) is 13.2. The molecule has 102 valence electrons. The van der Waals surface area contributed by atoms with Gasteiger partial charge in [-0.25, -0.2) is 13.9 Å². The van der Waals surface area contributed by atoms with Gasteiger partial charge in [0.2, 0.25) is 0 Å². The number of aromatic nitrogens is 3. The van der Waals surface area contributed by atoms with E-state index in [4.69, 9.17) is 5.73 Å². The second-order valence-corrected chi connectivity index (χ2v) is 5.32. The molecule has 0 amide bonds. The monoisotopic (exact) mass is 334 g/mol. The molecule has 3 rings (SSSR count). The van der Waals surface area contributed by atoms with Crippen LogP contribution in [0.1, 0.15) is 5.69 Å². The van der Waals surface area contributed by atoms with E-state index in [1.807, 2.05) is 6.07 Å². The van der Waals surface area contributed by atoms with Crippen LogP contribution in [0.4, 0.5) is 4.39 Å². The maximum atomic E-state index is 13.9. The number of fused-ring (bicyclic) bond motifs is 1. The lowest BCUT2D eigenvalue weighted by Gasteiger charge is -2.05. The summed E-state index contributed by atoms with van der Waals surface area (Å²) in [7, 11) is 0. The fraction of sp³-hybridized carbons (Fsp3) is 0.143. The molecule has 0 bridgehead atoms. The van der Waals surface area contributed by atoms with E-state index in [1.165, 1.54) is 6.07 Å². The summed E-state index contributed by atoms with van der Waals surface area (Å²) in [5.41, 5.74) is 8.23. The van der Waals surface area contributed by atoms with Crippen molar-refractivity contribution in [3.8, 4) is 11.3 Å². The number of hydrogen-bond acceptors (Lipinski definition) is 3. The van der Waals surface area contributed by atoms with Gasteiger partial charge in [-0.1, -0.05) is 15.9 Å². The van der Waals surface area contributed by atoms with Crippen molar-refractivity contribution in [3.05, 3.63) is 52.5 Å². The predicted molar refractivity (Wildman–Crippen MR) is 78.8 cm³/mol. The van der Waals surface area contributed by atoms with E-state index < -0.39 is 0 Å². The average Bonchev–Trinajstić information content (AvgIpc) is 2.84. The largest absolute Gasteiger partial charge is 0.330 e. The topological polar surface area (TPSA) is 56.2 Å². The predicted octanol–water partition coefficient (Wildman–Crippen LogP) is 2.80. The van der Waals surface area contributed by atoms with Gasteiger partial charge in [-0.15, -0.1) is 0 Å². The molecule has 6 heteroatoms. The maximum Gasteiger partial charge on any atom is 0.153 e. The van der Waals surface area contributed by atoms with Crippen molar-refractivity contribution in [1.29, 1.82) is 0 Å². The third-order valence-electron chi connectivity index (χ3n) is 3.04. The summed E-state index contributed by atoms with van der Waals surface area (Å²) in [6.07, 6.45) is 2.43. The third kappa shape index (κ3) is 2.32. The number of imidazole rings is 1. The van der Waals surface area contributed by atoms with E-state index in [9.17, 15) is 4.39 Å². The van der Waals surface area contributed by atoms with Crippen molar-refractivity contribution >= 4 is 21.6 Å². The first-order valence-electron chi connectivity index (χ1n) is 6.18. The number of halogens is 2. The van der Waals surface area contributed by atoms with Crippen LogP contribution in [0.2, 0.25) is 0 Å². The summed E-state index contributed by atoms with van der Waals surface area (Å²) in [5, 5.41) is 4.46. The summed E-state index contributed by atoms with van der Waals surface area (Å²) < 4.78 is 16.4. The van der Waals surface area contributed by atoms with Crippen molar-refractivity contribution < 1.29 is 4.39 Å². The lowest BCUT2D eigenvalue weighted by Crippen LogP contribution is -2.07. The molecule has 0 saturated heterocycles. The zero-order valence-electron chi connectivity index (χ0n) is 10.6. The molecule has 0 fully saturated rings. The highest BCUT2D eigenvalue weighted by atomic mass is 79.9. The average molecular weight is 335 g/mol. The highest BCUT2D eigenvalue weighted by Gasteiger charge is 2.10. The quantitative estimate of drug-likeness (QED) is 0.801. The van der Waals surface area contributed by atoms with E-state index >= 15 is 0 Å². The summed E-state index contributed by atoms with van der Waals surface area (Å²) >= 11 is 3.35. The molecular weight excluding hydrogens is 323 g/mol. The number of hydrogen-bond donors (Lipinski definition) is 1. The third-order valence-corrected chi connectivity index (χ3v) is 3.53. The Morgan fingerprint density at radius 1 is 1.25 bits per heavy atom. The Hall–Kier alpha value is -1.79. The Kier molecular flexibility index (Phi) is 3.50. The molecule has 0 atom stereocenters. The summed E-state index contributed by atoms with van der Waals surface area (Å²) in [6, 6.07) is 8.37. The van der Waals surface area contributed by atoms with Crippen molar-refractivity contribution in [3.63, 3.8) is 0 Å². The van der Waals surface area contributed by atoms with E-state index in [0.717, 1.165) is 15.8 Å². The van der Waals surface area contributed by atoms with Crippen LogP contribution in [0.3, 0.4) is 0 Å². The fourth-order valence-corrected chi connectivity index (χ4v) is 2.44. The maximum absolute atomic E-state index is 13.9. The molecule has 0 aliphatic rings. The minimum atomic E-state index is -0.305. The molecule has 0 unspecified atom stereocenters. The lowest BCUT2D eigenvalue weighted by atomic mass is 10.1. The van der Waals surface area contributed by atoms with Gasteiger partial charge in [0.15, 0.2) is 5.65 Å². The molecular formula is C14H12BrFN4. The van der Waals surface area contributed by atoms with Gasteiger partial charge in [-0.2, -0.15) is 5.10 Å². The Balaban J connectivity index is 2.16. The zero-order chi connectivity index (χ0) is 14.1. The van der Waals surface area contributed by atoms with Gasteiger partial charge >= 0.3 is 0 Å². The minimum Gasteiger partial charge on any atom is -0.330 e. The van der Waals surface area contributed by atoms with Crippen LogP contribution in [0, 0.1) is 5.82 Å². The smallest absolute Gasteiger partial charge is 0.153 e. The van der Waals surface area contributed by atoms with Crippen LogP contribution in [0.5, 0.6) is 0 Å². The van der Waals surface area contributed by atoms with Gasteiger partial charge < -0.3 is 5.73 Å². The minimum absolute atomic E-state index is 0.305. The zero-order valence-corrected chi connectivity index (χ0v) is 12.1. The standard InChI is InChI=1S/C14H12BrFN4/c15-9-1-2-12(16)11(7-9)13-3-4-14-18-8-10(5-6-17)20(14)19-13/h1-4,7-8H,5-6,17H2. The molecule has 4 nitrogen and oxygen atoms in total. The molecule has 20 heavy (non-hydrogen) atoms. The van der Waals surface area contributed by atoms with E-state index in [2.05, 4.69) is 26.0 Å². The molecule has 0 radical (unpaired) electrons. The Morgan fingerprint density at radius 2 is 2.10 bits per heavy atom. The number of nitrogens with zero attached hydrogens (tertiary/aromatic N) is 3. The summed E-state index contributed by atoms with van der Waals surface area (Å²) in [5.74, 6) is -0.305. The highest BCUT2D eigenvalue weighted by Crippen LogP contribution is 2.25. The van der Waals surface area contributed by atoms with Crippen molar-refractivity contribution in [2.24, 2.45) is 5.73 Å². The molecule has 0 saturated carbocycles. The van der Waals surface area contributed by atoms with Gasteiger partial charge in [0.05, 0.1) is 17.6 Å². The molecule has 0 aliphatic carbocycles. The van der Waals surface area contributed by atoms with Gasteiger partial charge in [0, 0.05) is 16.5 Å².